The minimum Gasteiger partial charge on any atom is -0.334 e. The second-order valence-electron chi connectivity index (χ2n) is 6.48. The largest absolute Gasteiger partial charge is 0.334 e. The summed E-state index contributed by atoms with van der Waals surface area (Å²) in [5.74, 6) is -0.683. The Balaban J connectivity index is 1.68. The van der Waals surface area contributed by atoms with Gasteiger partial charge >= 0.3 is 0 Å². The van der Waals surface area contributed by atoms with Crippen LogP contribution in [0, 0.1) is 6.92 Å². The molecule has 0 unspecified atom stereocenters. The summed E-state index contributed by atoms with van der Waals surface area (Å²) in [5.41, 5.74) is 2.15. The quantitative estimate of drug-likeness (QED) is 0.474. The van der Waals surface area contributed by atoms with Crippen LogP contribution in [0.2, 0.25) is 0 Å². The Morgan fingerprint density at radius 3 is 2.96 bits per heavy atom. The highest BCUT2D eigenvalue weighted by atomic mass is 16.1. The van der Waals surface area contributed by atoms with Crippen molar-refractivity contribution in [2.75, 3.05) is 0 Å². The average molecular weight is 373 g/mol. The van der Waals surface area contributed by atoms with Gasteiger partial charge in [0.1, 0.15) is 0 Å². The second kappa shape index (κ2) is 7.61. The van der Waals surface area contributed by atoms with Crippen LogP contribution >= 0.6 is 0 Å². The van der Waals surface area contributed by atoms with Crippen LogP contribution in [0.15, 0.2) is 73.2 Å². The van der Waals surface area contributed by atoms with Crippen LogP contribution in [0.4, 0.5) is 0 Å². The third kappa shape index (κ3) is 3.91. The molecule has 4 aromatic rings. The van der Waals surface area contributed by atoms with Gasteiger partial charge in [-0.2, -0.15) is 0 Å². The van der Waals surface area contributed by atoms with Gasteiger partial charge in [0, 0.05) is 29.9 Å². The van der Waals surface area contributed by atoms with E-state index in [2.05, 4.69) is 9.97 Å². The van der Waals surface area contributed by atoms with Crippen molar-refractivity contribution in [1.82, 2.24) is 14.5 Å². The first-order valence-corrected chi connectivity index (χ1v) is 8.73. The van der Waals surface area contributed by atoms with E-state index in [0.717, 1.165) is 22.0 Å². The Labute approximate surface area is 172 Å². The summed E-state index contributed by atoms with van der Waals surface area (Å²) >= 11 is 0. The zero-order valence-electron chi connectivity index (χ0n) is 21.5. The van der Waals surface area contributed by atoms with Gasteiger partial charge in [-0.05, 0) is 36.1 Å². The molecule has 4 nitrogen and oxygen atoms in total. The molecule has 138 valence electrons. The lowest BCUT2D eigenvalue weighted by Gasteiger charge is -2.06. The smallest absolute Gasteiger partial charge is 0.161 e. The highest BCUT2D eigenvalue weighted by Crippen LogP contribution is 2.24. The lowest BCUT2D eigenvalue weighted by atomic mass is 10.0. The number of imidazole rings is 1. The molecule has 4 heteroatoms. The standard InChI is InChI=1S/C24H21N3O/c1-17-4-3-5-18(10-17)6-9-23(28)13-22-12-21-11-19(7-8-20(21)14-26-22)24-15-25-16-27(24)2/h3-12,14-16H,13H2,1-2H3/b9-6+/i3D,4D,5D,6D,9D,10D. The highest BCUT2D eigenvalue weighted by molar-refractivity contribution is 5.95. The van der Waals surface area contributed by atoms with Crippen LogP contribution in [-0.4, -0.2) is 20.3 Å². The number of allylic oxidation sites excluding steroid dienone is 1. The van der Waals surface area contributed by atoms with Gasteiger partial charge in [0.25, 0.3) is 0 Å². The number of benzene rings is 2. The van der Waals surface area contributed by atoms with Gasteiger partial charge in [0.15, 0.2) is 5.78 Å². The molecule has 0 aliphatic rings. The van der Waals surface area contributed by atoms with Gasteiger partial charge in [-0.15, -0.1) is 0 Å². The van der Waals surface area contributed by atoms with Crippen molar-refractivity contribution in [3.8, 4) is 11.3 Å². The van der Waals surface area contributed by atoms with Crippen molar-refractivity contribution in [3.05, 3.63) is 90.0 Å². The molecule has 0 aliphatic heterocycles. The monoisotopic (exact) mass is 373 g/mol. The molecule has 0 radical (unpaired) electrons. The first-order valence-electron chi connectivity index (χ1n) is 11.7. The number of aryl methyl sites for hydroxylation is 1. The number of hydrogen-bond acceptors (Lipinski definition) is 3. The van der Waals surface area contributed by atoms with Gasteiger partial charge in [-0.3, -0.25) is 9.78 Å². The summed E-state index contributed by atoms with van der Waals surface area (Å²) < 4.78 is 50.3. The third-order valence-corrected chi connectivity index (χ3v) is 4.31. The lowest BCUT2D eigenvalue weighted by molar-refractivity contribution is -0.114. The Hall–Kier alpha value is -3.53. The topological polar surface area (TPSA) is 47.8 Å². The number of rotatable bonds is 5. The summed E-state index contributed by atoms with van der Waals surface area (Å²) in [6, 6.07) is 4.85. The fraction of sp³-hybridized carbons (Fsp3) is 0.125. The number of carbonyl (C=O) groups excluding carboxylic acids is 1. The Kier molecular flexibility index (Phi) is 3.27. The van der Waals surface area contributed by atoms with Crippen LogP contribution in [0.3, 0.4) is 0 Å². The fourth-order valence-corrected chi connectivity index (χ4v) is 2.92. The van der Waals surface area contributed by atoms with Crippen molar-refractivity contribution in [1.29, 1.82) is 0 Å². The van der Waals surface area contributed by atoms with Gasteiger partial charge in [0.05, 0.1) is 32.9 Å². The molecule has 0 amide bonds. The van der Waals surface area contributed by atoms with Crippen molar-refractivity contribution in [2.45, 2.75) is 13.3 Å². The van der Waals surface area contributed by atoms with Crippen molar-refractivity contribution in [2.24, 2.45) is 7.05 Å². The van der Waals surface area contributed by atoms with Gasteiger partial charge in [-0.25, -0.2) is 4.98 Å². The molecule has 0 spiro atoms. The molecule has 28 heavy (non-hydrogen) atoms. The van der Waals surface area contributed by atoms with Crippen molar-refractivity contribution in [3.63, 3.8) is 0 Å². The molecule has 4 rings (SSSR count). The van der Waals surface area contributed by atoms with Gasteiger partial charge < -0.3 is 4.57 Å². The number of carbonyl (C=O) groups is 1. The third-order valence-electron chi connectivity index (χ3n) is 4.31. The fourth-order valence-electron chi connectivity index (χ4n) is 2.92. The first-order chi connectivity index (χ1) is 16.1. The van der Waals surface area contributed by atoms with E-state index in [1.165, 1.54) is 6.92 Å². The maximum absolute atomic E-state index is 12.8. The maximum atomic E-state index is 12.8. The Bertz CT molecular complexity index is 1460. The molecule has 0 saturated heterocycles. The van der Waals surface area contributed by atoms with Gasteiger partial charge in [0.2, 0.25) is 0 Å². The molecule has 0 bridgehead atoms. The SMILES string of the molecule is [2H]/C(C(=O)Cc1cc2cc(-c3cncn3C)ccc2cn1)=C(/[2H])c1c([2H])c([2H])c([2H])c(C)c1[2H]. The predicted octanol–water partition coefficient (Wildman–Crippen LogP) is 4.77. The zero-order chi connectivity index (χ0) is 24.7. The van der Waals surface area contributed by atoms with E-state index in [1.807, 2.05) is 29.8 Å². The number of pyridine rings is 1. The normalized spacial score (nSPS) is 15.1. The van der Waals surface area contributed by atoms with E-state index in [-0.39, 0.29) is 29.6 Å². The van der Waals surface area contributed by atoms with E-state index in [4.69, 9.17) is 8.22 Å². The molecule has 2 heterocycles. The minimum atomic E-state index is -0.683. The molecule has 0 atom stereocenters. The van der Waals surface area contributed by atoms with Crippen LogP contribution in [0.5, 0.6) is 0 Å². The van der Waals surface area contributed by atoms with E-state index < -0.39 is 30.0 Å². The van der Waals surface area contributed by atoms with Crippen LogP contribution in [0.25, 0.3) is 28.1 Å². The summed E-state index contributed by atoms with van der Waals surface area (Å²) in [7, 11) is 1.90. The lowest BCUT2D eigenvalue weighted by Crippen LogP contribution is -2.00. The summed E-state index contributed by atoms with van der Waals surface area (Å²) in [6.45, 7) is 1.45. The van der Waals surface area contributed by atoms with E-state index in [9.17, 15) is 4.79 Å². The Morgan fingerprint density at radius 2 is 2.14 bits per heavy atom. The predicted molar refractivity (Wildman–Crippen MR) is 113 cm³/mol. The average Bonchev–Trinajstić information content (AvgIpc) is 3.26. The minimum absolute atomic E-state index is 0.126. The van der Waals surface area contributed by atoms with Crippen LogP contribution in [-0.2, 0) is 18.3 Å². The van der Waals surface area contributed by atoms with E-state index >= 15 is 0 Å². The van der Waals surface area contributed by atoms with Crippen molar-refractivity contribution < 1.29 is 13.0 Å². The molecule has 0 aliphatic carbocycles. The highest BCUT2D eigenvalue weighted by Gasteiger charge is 2.07. The Morgan fingerprint density at radius 1 is 1.25 bits per heavy atom. The molecule has 2 aromatic carbocycles. The van der Waals surface area contributed by atoms with Crippen molar-refractivity contribution >= 4 is 22.6 Å². The molecular weight excluding hydrogens is 346 g/mol. The molecular formula is C24H21N3O. The number of aromatic nitrogens is 3. The summed E-state index contributed by atoms with van der Waals surface area (Å²) in [5, 5.41) is 1.75. The second-order valence-corrected chi connectivity index (χ2v) is 6.48. The van der Waals surface area contributed by atoms with E-state index in [0.29, 0.717) is 5.69 Å². The van der Waals surface area contributed by atoms with Gasteiger partial charge in [-0.1, -0.05) is 47.9 Å². The zero-order valence-corrected chi connectivity index (χ0v) is 15.5. The molecule has 0 fully saturated rings. The van der Waals surface area contributed by atoms with Crippen LogP contribution < -0.4 is 0 Å². The summed E-state index contributed by atoms with van der Waals surface area (Å²) in [6.07, 6.45) is 4.89. The molecule has 0 N–H and O–H groups in total. The number of fused-ring (bicyclic) bond motifs is 1. The van der Waals surface area contributed by atoms with Crippen LogP contribution in [0.1, 0.15) is 25.0 Å². The molecule has 0 saturated carbocycles. The van der Waals surface area contributed by atoms with E-state index in [1.54, 1.807) is 24.8 Å². The molecule has 2 aromatic heterocycles. The number of nitrogens with zero attached hydrogens (tertiary/aromatic N) is 3. The number of hydrogen-bond donors (Lipinski definition) is 0. The number of ketones is 1. The summed E-state index contributed by atoms with van der Waals surface area (Å²) in [4.78, 5) is 21.2. The first kappa shape index (κ1) is 12.0. The maximum Gasteiger partial charge on any atom is 0.161 e.